The Hall–Kier alpha value is -0.340. The van der Waals surface area contributed by atoms with Gasteiger partial charge in [-0.1, -0.05) is 23.2 Å². The smallest absolute Gasteiger partial charge is 0.243 e. The van der Waals surface area contributed by atoms with Crippen molar-refractivity contribution < 1.29 is 13.2 Å². The van der Waals surface area contributed by atoms with Gasteiger partial charge in [0.1, 0.15) is 9.23 Å². The van der Waals surface area contributed by atoms with Crippen LogP contribution in [0.3, 0.4) is 0 Å². The van der Waals surface area contributed by atoms with E-state index in [-0.39, 0.29) is 26.0 Å². The lowest BCUT2D eigenvalue weighted by Gasteiger charge is -2.15. The minimum absolute atomic E-state index is 0.0848. The van der Waals surface area contributed by atoms with Crippen LogP contribution in [0.15, 0.2) is 11.0 Å². The maximum Gasteiger partial charge on any atom is 0.243 e. The summed E-state index contributed by atoms with van der Waals surface area (Å²) in [4.78, 5) is 13.3. The van der Waals surface area contributed by atoms with E-state index in [1.807, 2.05) is 0 Å². The van der Waals surface area contributed by atoms with Crippen LogP contribution in [0.5, 0.6) is 0 Å². The molecule has 1 aromatic heterocycles. The highest BCUT2D eigenvalue weighted by Gasteiger charge is 2.24. The molecular formula is C10H12Cl2N2O3S2. The van der Waals surface area contributed by atoms with Crippen molar-refractivity contribution in [2.45, 2.75) is 17.7 Å². The van der Waals surface area contributed by atoms with E-state index in [1.165, 1.54) is 6.07 Å². The second-order valence-corrected chi connectivity index (χ2v) is 8.12. The number of carbonyl (C=O) groups excluding carboxylic acids is 1. The van der Waals surface area contributed by atoms with Gasteiger partial charge < -0.3 is 4.90 Å². The van der Waals surface area contributed by atoms with Gasteiger partial charge in [0.15, 0.2) is 0 Å². The number of likely N-dealkylation sites (tertiary alicyclic amines) is 1. The molecule has 19 heavy (non-hydrogen) atoms. The normalized spacial score (nSPS) is 16.0. The molecule has 1 saturated heterocycles. The van der Waals surface area contributed by atoms with Crippen LogP contribution in [0.4, 0.5) is 0 Å². The summed E-state index contributed by atoms with van der Waals surface area (Å²) in [5, 5.41) is 0. The average Bonchev–Trinajstić information content (AvgIpc) is 2.96. The molecule has 106 valence electrons. The van der Waals surface area contributed by atoms with Gasteiger partial charge in [0.25, 0.3) is 0 Å². The Kier molecular flexibility index (Phi) is 4.73. The van der Waals surface area contributed by atoms with E-state index < -0.39 is 10.0 Å². The molecule has 0 aromatic carbocycles. The van der Waals surface area contributed by atoms with Crippen molar-refractivity contribution in [2.24, 2.45) is 0 Å². The number of hydrogen-bond acceptors (Lipinski definition) is 4. The first kappa shape index (κ1) is 15.1. The molecule has 1 aromatic rings. The van der Waals surface area contributed by atoms with Crippen molar-refractivity contribution in [3.8, 4) is 0 Å². The molecule has 2 heterocycles. The number of nitrogens with one attached hydrogen (secondary N) is 1. The van der Waals surface area contributed by atoms with Gasteiger partial charge in [-0.15, -0.1) is 11.3 Å². The zero-order valence-electron chi connectivity index (χ0n) is 9.86. The first-order chi connectivity index (χ1) is 8.90. The van der Waals surface area contributed by atoms with Crippen LogP contribution in [0.25, 0.3) is 0 Å². The van der Waals surface area contributed by atoms with E-state index in [0.717, 1.165) is 24.2 Å². The number of rotatable bonds is 4. The topological polar surface area (TPSA) is 66.5 Å². The van der Waals surface area contributed by atoms with Gasteiger partial charge in [0, 0.05) is 13.1 Å². The van der Waals surface area contributed by atoms with Crippen LogP contribution in [-0.2, 0) is 14.8 Å². The first-order valence-corrected chi connectivity index (χ1v) is 8.68. The van der Waals surface area contributed by atoms with Gasteiger partial charge >= 0.3 is 0 Å². The fraction of sp³-hybridized carbons (Fsp3) is 0.500. The second-order valence-electron chi connectivity index (χ2n) is 4.10. The largest absolute Gasteiger partial charge is 0.342 e. The summed E-state index contributed by atoms with van der Waals surface area (Å²) >= 11 is 12.5. The third kappa shape index (κ3) is 3.61. The SMILES string of the molecule is O=C(CNS(=O)(=O)c1cc(Cl)sc1Cl)N1CCCC1. The van der Waals surface area contributed by atoms with Gasteiger partial charge in [0.2, 0.25) is 15.9 Å². The Morgan fingerprint density at radius 3 is 2.53 bits per heavy atom. The fourth-order valence-electron chi connectivity index (χ4n) is 1.82. The Bertz CT molecular complexity index is 580. The lowest BCUT2D eigenvalue weighted by atomic mass is 10.4. The van der Waals surface area contributed by atoms with Crippen LogP contribution in [0.1, 0.15) is 12.8 Å². The molecule has 0 unspecified atom stereocenters. The maximum atomic E-state index is 12.0. The molecule has 0 saturated carbocycles. The second kappa shape index (κ2) is 5.97. The zero-order chi connectivity index (χ0) is 14.0. The number of nitrogens with zero attached hydrogens (tertiary/aromatic N) is 1. The highest BCUT2D eigenvalue weighted by Crippen LogP contribution is 2.33. The quantitative estimate of drug-likeness (QED) is 0.909. The molecule has 0 radical (unpaired) electrons. The Morgan fingerprint density at radius 2 is 2.00 bits per heavy atom. The van der Waals surface area contributed by atoms with Crippen LogP contribution in [-0.4, -0.2) is 38.9 Å². The summed E-state index contributed by atoms with van der Waals surface area (Å²) in [6, 6.07) is 1.28. The van der Waals surface area contributed by atoms with Crippen LogP contribution in [0, 0.1) is 0 Å². The molecule has 0 aliphatic carbocycles. The predicted molar refractivity (Wildman–Crippen MR) is 75.3 cm³/mol. The molecule has 0 atom stereocenters. The Balaban J connectivity index is 2.01. The molecule has 2 rings (SSSR count). The van der Waals surface area contributed by atoms with E-state index in [9.17, 15) is 13.2 Å². The lowest BCUT2D eigenvalue weighted by Crippen LogP contribution is -2.38. The van der Waals surface area contributed by atoms with Crippen molar-refractivity contribution in [2.75, 3.05) is 19.6 Å². The Morgan fingerprint density at radius 1 is 1.37 bits per heavy atom. The lowest BCUT2D eigenvalue weighted by molar-refractivity contribution is -0.128. The van der Waals surface area contributed by atoms with Gasteiger partial charge in [-0.3, -0.25) is 4.79 Å². The highest BCUT2D eigenvalue weighted by atomic mass is 35.5. The molecule has 1 amide bonds. The molecule has 9 heteroatoms. The van der Waals surface area contributed by atoms with Crippen molar-refractivity contribution in [3.05, 3.63) is 14.7 Å². The fourth-order valence-corrected chi connectivity index (χ4v) is 4.94. The molecule has 1 aliphatic rings. The zero-order valence-corrected chi connectivity index (χ0v) is 13.0. The molecular weight excluding hydrogens is 331 g/mol. The number of carbonyl (C=O) groups is 1. The van der Waals surface area contributed by atoms with E-state index in [2.05, 4.69) is 4.72 Å². The number of thiophene rings is 1. The van der Waals surface area contributed by atoms with Crippen molar-refractivity contribution in [1.29, 1.82) is 0 Å². The van der Waals surface area contributed by atoms with Crippen molar-refractivity contribution >= 4 is 50.5 Å². The summed E-state index contributed by atoms with van der Waals surface area (Å²) in [7, 11) is -3.80. The van der Waals surface area contributed by atoms with Crippen LogP contribution in [0.2, 0.25) is 8.67 Å². The number of sulfonamides is 1. The van der Waals surface area contributed by atoms with Gasteiger partial charge in [-0.25, -0.2) is 13.1 Å². The molecule has 1 aliphatic heterocycles. The molecule has 5 nitrogen and oxygen atoms in total. The van der Waals surface area contributed by atoms with E-state index in [1.54, 1.807) is 4.90 Å². The summed E-state index contributed by atoms with van der Waals surface area (Å²) in [6.45, 7) is 1.11. The highest BCUT2D eigenvalue weighted by molar-refractivity contribution is 7.89. The molecule has 0 spiro atoms. The summed E-state index contributed by atoms with van der Waals surface area (Å²) in [5.41, 5.74) is 0. The average molecular weight is 343 g/mol. The monoisotopic (exact) mass is 342 g/mol. The Labute approximate surface area is 125 Å². The molecule has 0 bridgehead atoms. The van der Waals surface area contributed by atoms with Gasteiger partial charge in [0.05, 0.1) is 10.9 Å². The van der Waals surface area contributed by atoms with E-state index in [0.29, 0.717) is 13.1 Å². The van der Waals surface area contributed by atoms with Crippen molar-refractivity contribution in [3.63, 3.8) is 0 Å². The predicted octanol–water partition coefficient (Wildman–Crippen LogP) is 1.96. The number of halogens is 2. The molecule has 1 N–H and O–H groups in total. The van der Waals surface area contributed by atoms with Gasteiger partial charge in [-0.2, -0.15) is 0 Å². The minimum atomic E-state index is -3.80. The van der Waals surface area contributed by atoms with E-state index in [4.69, 9.17) is 23.2 Å². The van der Waals surface area contributed by atoms with Crippen molar-refractivity contribution in [1.82, 2.24) is 9.62 Å². The van der Waals surface area contributed by atoms with Gasteiger partial charge in [-0.05, 0) is 18.9 Å². The minimum Gasteiger partial charge on any atom is -0.342 e. The number of amides is 1. The standard InChI is InChI=1S/C10H12Cl2N2O3S2/c11-8-5-7(10(12)18-8)19(16,17)13-6-9(15)14-3-1-2-4-14/h5,13H,1-4,6H2. The number of hydrogen-bond donors (Lipinski definition) is 1. The maximum absolute atomic E-state index is 12.0. The summed E-state index contributed by atoms with van der Waals surface area (Å²) in [6.07, 6.45) is 1.93. The summed E-state index contributed by atoms with van der Waals surface area (Å²) < 4.78 is 26.6. The summed E-state index contributed by atoms with van der Waals surface area (Å²) in [5.74, 6) is -0.224. The third-order valence-corrected chi connectivity index (χ3v) is 5.94. The molecule has 1 fully saturated rings. The first-order valence-electron chi connectivity index (χ1n) is 5.62. The van der Waals surface area contributed by atoms with Crippen LogP contribution < -0.4 is 4.72 Å². The van der Waals surface area contributed by atoms with E-state index >= 15 is 0 Å². The van der Waals surface area contributed by atoms with Crippen LogP contribution >= 0.6 is 34.5 Å². The third-order valence-electron chi connectivity index (χ3n) is 2.79.